The first kappa shape index (κ1) is 11.2. The summed E-state index contributed by atoms with van der Waals surface area (Å²) in [6.07, 6.45) is 2.66. The molecule has 1 amide bonds. The van der Waals surface area contributed by atoms with Crippen molar-refractivity contribution in [3.8, 4) is 0 Å². The van der Waals surface area contributed by atoms with Gasteiger partial charge in [0.05, 0.1) is 6.04 Å². The number of likely N-dealkylation sites (tertiary alicyclic amines) is 1. The predicted octanol–water partition coefficient (Wildman–Crippen LogP) is 1.61. The molecular formula is C11H19NO2. The molecule has 1 aliphatic rings. The molecule has 0 saturated carbocycles. The van der Waals surface area contributed by atoms with Crippen LogP contribution in [0, 0.1) is 5.92 Å². The van der Waals surface area contributed by atoms with Crippen LogP contribution in [0.25, 0.3) is 0 Å². The highest BCUT2D eigenvalue weighted by Crippen LogP contribution is 2.21. The average Bonchev–Trinajstić information content (AvgIpc) is 2.63. The zero-order valence-corrected chi connectivity index (χ0v) is 9.25. The van der Waals surface area contributed by atoms with Crippen LogP contribution in [0.4, 0.5) is 0 Å². The number of ketones is 1. The van der Waals surface area contributed by atoms with E-state index in [0.717, 1.165) is 25.8 Å². The van der Waals surface area contributed by atoms with Crippen LogP contribution in [0.5, 0.6) is 0 Å². The van der Waals surface area contributed by atoms with Crippen LogP contribution in [0.1, 0.15) is 40.0 Å². The third-order valence-corrected chi connectivity index (χ3v) is 3.04. The molecule has 0 N–H and O–H groups in total. The Labute approximate surface area is 85.5 Å². The summed E-state index contributed by atoms with van der Waals surface area (Å²) in [6.45, 7) is 6.26. The standard InChI is InChI=1S/C11H19NO2/c1-4-8(2)11(14)12-7-5-6-10(12)9(3)13/h8,10H,4-7H2,1-3H3. The molecule has 80 valence electrons. The van der Waals surface area contributed by atoms with E-state index in [0.29, 0.717) is 0 Å². The number of rotatable bonds is 3. The number of hydrogen-bond acceptors (Lipinski definition) is 2. The highest BCUT2D eigenvalue weighted by Gasteiger charge is 2.33. The lowest BCUT2D eigenvalue weighted by molar-refractivity contribution is -0.140. The molecule has 2 atom stereocenters. The molecule has 3 heteroatoms. The van der Waals surface area contributed by atoms with Gasteiger partial charge in [0, 0.05) is 12.5 Å². The van der Waals surface area contributed by atoms with Gasteiger partial charge in [-0.25, -0.2) is 0 Å². The van der Waals surface area contributed by atoms with E-state index in [9.17, 15) is 9.59 Å². The zero-order valence-electron chi connectivity index (χ0n) is 9.25. The molecule has 1 heterocycles. The van der Waals surface area contributed by atoms with E-state index in [1.54, 1.807) is 11.8 Å². The van der Waals surface area contributed by atoms with E-state index in [-0.39, 0.29) is 23.7 Å². The molecular weight excluding hydrogens is 178 g/mol. The molecule has 14 heavy (non-hydrogen) atoms. The Hall–Kier alpha value is -0.860. The Bertz CT molecular complexity index is 237. The van der Waals surface area contributed by atoms with E-state index in [1.807, 2.05) is 13.8 Å². The highest BCUT2D eigenvalue weighted by molar-refractivity contribution is 5.88. The van der Waals surface area contributed by atoms with Gasteiger partial charge in [-0.3, -0.25) is 9.59 Å². The summed E-state index contributed by atoms with van der Waals surface area (Å²) < 4.78 is 0. The Morgan fingerprint density at radius 2 is 2.14 bits per heavy atom. The third kappa shape index (κ3) is 2.14. The largest absolute Gasteiger partial charge is 0.332 e. The van der Waals surface area contributed by atoms with Gasteiger partial charge in [-0.05, 0) is 26.2 Å². The maximum absolute atomic E-state index is 11.9. The molecule has 0 radical (unpaired) electrons. The van der Waals surface area contributed by atoms with Gasteiger partial charge in [0.1, 0.15) is 0 Å². The Morgan fingerprint density at radius 1 is 1.50 bits per heavy atom. The van der Waals surface area contributed by atoms with Crippen LogP contribution in [-0.4, -0.2) is 29.2 Å². The van der Waals surface area contributed by atoms with E-state index in [2.05, 4.69) is 0 Å². The van der Waals surface area contributed by atoms with Gasteiger partial charge in [-0.1, -0.05) is 13.8 Å². The summed E-state index contributed by atoms with van der Waals surface area (Å²) in [5, 5.41) is 0. The van der Waals surface area contributed by atoms with Gasteiger partial charge in [-0.2, -0.15) is 0 Å². The van der Waals surface area contributed by atoms with Gasteiger partial charge in [0.25, 0.3) is 0 Å². The van der Waals surface area contributed by atoms with Crippen molar-refractivity contribution in [3.05, 3.63) is 0 Å². The van der Waals surface area contributed by atoms with Crippen LogP contribution >= 0.6 is 0 Å². The molecule has 1 fully saturated rings. The lowest BCUT2D eigenvalue weighted by Crippen LogP contribution is -2.42. The maximum Gasteiger partial charge on any atom is 0.226 e. The second-order valence-electron chi connectivity index (χ2n) is 4.11. The maximum atomic E-state index is 11.9. The SMILES string of the molecule is CCC(C)C(=O)N1CCCC1C(C)=O. The predicted molar refractivity (Wildman–Crippen MR) is 54.9 cm³/mol. The first-order chi connectivity index (χ1) is 6.57. The van der Waals surface area contributed by atoms with Crippen LogP contribution in [0.2, 0.25) is 0 Å². The van der Waals surface area contributed by atoms with Crippen LogP contribution in [-0.2, 0) is 9.59 Å². The van der Waals surface area contributed by atoms with Crippen molar-refractivity contribution in [3.63, 3.8) is 0 Å². The molecule has 1 saturated heterocycles. The second-order valence-corrected chi connectivity index (χ2v) is 4.11. The molecule has 1 aliphatic heterocycles. The van der Waals surface area contributed by atoms with Crippen molar-refractivity contribution in [2.24, 2.45) is 5.92 Å². The summed E-state index contributed by atoms with van der Waals surface area (Å²) in [6, 6.07) is -0.142. The second kappa shape index (κ2) is 4.58. The number of carbonyl (C=O) groups is 2. The molecule has 0 aromatic heterocycles. The molecule has 1 rings (SSSR count). The third-order valence-electron chi connectivity index (χ3n) is 3.04. The van der Waals surface area contributed by atoms with Crippen molar-refractivity contribution in [2.45, 2.75) is 46.1 Å². The van der Waals surface area contributed by atoms with Gasteiger partial charge in [0.2, 0.25) is 5.91 Å². The zero-order chi connectivity index (χ0) is 10.7. The fraction of sp³-hybridized carbons (Fsp3) is 0.818. The number of Topliss-reactive ketones (excluding diaryl/α,β-unsaturated/α-hetero) is 1. The Morgan fingerprint density at radius 3 is 2.64 bits per heavy atom. The fourth-order valence-electron chi connectivity index (χ4n) is 1.91. The molecule has 0 aromatic rings. The topological polar surface area (TPSA) is 37.4 Å². The molecule has 0 spiro atoms. The van der Waals surface area contributed by atoms with E-state index >= 15 is 0 Å². The van der Waals surface area contributed by atoms with Crippen LogP contribution < -0.4 is 0 Å². The average molecular weight is 197 g/mol. The molecule has 0 bridgehead atoms. The van der Waals surface area contributed by atoms with Crippen molar-refractivity contribution < 1.29 is 9.59 Å². The molecule has 0 aromatic carbocycles. The lowest BCUT2D eigenvalue weighted by atomic mass is 10.1. The van der Waals surface area contributed by atoms with Gasteiger partial charge in [0.15, 0.2) is 5.78 Å². The molecule has 0 aliphatic carbocycles. The first-order valence-electron chi connectivity index (χ1n) is 5.38. The van der Waals surface area contributed by atoms with Crippen molar-refractivity contribution in [1.29, 1.82) is 0 Å². The minimum atomic E-state index is -0.142. The smallest absolute Gasteiger partial charge is 0.226 e. The highest BCUT2D eigenvalue weighted by atomic mass is 16.2. The molecule has 2 unspecified atom stereocenters. The van der Waals surface area contributed by atoms with Crippen LogP contribution in [0.15, 0.2) is 0 Å². The van der Waals surface area contributed by atoms with Gasteiger partial charge >= 0.3 is 0 Å². The Kier molecular flexibility index (Phi) is 3.67. The minimum absolute atomic E-state index is 0.0509. The number of nitrogens with zero attached hydrogens (tertiary/aromatic N) is 1. The van der Waals surface area contributed by atoms with Gasteiger partial charge in [-0.15, -0.1) is 0 Å². The number of hydrogen-bond donors (Lipinski definition) is 0. The summed E-state index contributed by atoms with van der Waals surface area (Å²) in [5.41, 5.74) is 0. The van der Waals surface area contributed by atoms with E-state index in [1.165, 1.54) is 0 Å². The normalized spacial score (nSPS) is 23.6. The minimum Gasteiger partial charge on any atom is -0.332 e. The summed E-state index contributed by atoms with van der Waals surface area (Å²) in [4.78, 5) is 24.9. The van der Waals surface area contributed by atoms with Crippen molar-refractivity contribution in [1.82, 2.24) is 4.90 Å². The monoisotopic (exact) mass is 197 g/mol. The first-order valence-corrected chi connectivity index (χ1v) is 5.38. The Balaban J connectivity index is 2.67. The van der Waals surface area contributed by atoms with Gasteiger partial charge < -0.3 is 4.90 Å². The van der Waals surface area contributed by atoms with Crippen LogP contribution in [0.3, 0.4) is 0 Å². The fourth-order valence-corrected chi connectivity index (χ4v) is 1.91. The number of amides is 1. The summed E-state index contributed by atoms with van der Waals surface area (Å²) in [7, 11) is 0. The lowest BCUT2D eigenvalue weighted by Gasteiger charge is -2.25. The van der Waals surface area contributed by atoms with Crippen molar-refractivity contribution in [2.75, 3.05) is 6.54 Å². The van der Waals surface area contributed by atoms with E-state index in [4.69, 9.17) is 0 Å². The quantitative estimate of drug-likeness (QED) is 0.689. The van der Waals surface area contributed by atoms with E-state index < -0.39 is 0 Å². The molecule has 3 nitrogen and oxygen atoms in total. The summed E-state index contributed by atoms with van der Waals surface area (Å²) >= 11 is 0. The summed E-state index contributed by atoms with van der Waals surface area (Å²) in [5.74, 6) is 0.319. The number of carbonyl (C=O) groups excluding carboxylic acids is 2. The van der Waals surface area contributed by atoms with Crippen molar-refractivity contribution >= 4 is 11.7 Å².